The largest absolute Gasteiger partial charge is 0.465 e. The van der Waals surface area contributed by atoms with Crippen LogP contribution in [0.5, 0.6) is 0 Å². The molecule has 0 radical (unpaired) electrons. The van der Waals surface area contributed by atoms with Gasteiger partial charge in [-0.3, -0.25) is 4.79 Å². The van der Waals surface area contributed by atoms with Gasteiger partial charge in [0, 0.05) is 23.4 Å². The highest BCUT2D eigenvalue weighted by Crippen LogP contribution is 2.19. The predicted molar refractivity (Wildman–Crippen MR) is 77.4 cm³/mol. The van der Waals surface area contributed by atoms with Crippen LogP contribution in [0.3, 0.4) is 0 Å². The number of ether oxygens (including phenoxy) is 1. The third-order valence-electron chi connectivity index (χ3n) is 3.02. The van der Waals surface area contributed by atoms with Crippen LogP contribution in [0.25, 0.3) is 0 Å². The van der Waals surface area contributed by atoms with Crippen molar-refractivity contribution in [1.82, 2.24) is 0 Å². The maximum absolute atomic E-state index is 11.9. The summed E-state index contributed by atoms with van der Waals surface area (Å²) in [5.41, 5.74) is 0.798. The van der Waals surface area contributed by atoms with Crippen LogP contribution in [0.1, 0.15) is 16.8 Å². The molecule has 1 aliphatic heterocycles. The van der Waals surface area contributed by atoms with Crippen molar-refractivity contribution in [2.24, 2.45) is 5.92 Å². The van der Waals surface area contributed by atoms with Gasteiger partial charge in [-0.25, -0.2) is 13.2 Å². The Hall–Kier alpha value is -2.15. The normalized spacial score (nSPS) is 19.2. The van der Waals surface area contributed by atoms with Gasteiger partial charge in [0.1, 0.15) is 0 Å². The van der Waals surface area contributed by atoms with Gasteiger partial charge in [0.2, 0.25) is 5.91 Å². The molecule has 0 bridgehead atoms. The minimum atomic E-state index is -3.16. The molecule has 0 aromatic heterocycles. The summed E-state index contributed by atoms with van der Waals surface area (Å²) in [6, 6.07) is 6.35. The number of carbonyl (C=O) groups is 2. The molecule has 0 saturated heterocycles. The zero-order valence-corrected chi connectivity index (χ0v) is 12.2. The van der Waals surface area contributed by atoms with Crippen molar-refractivity contribution in [2.45, 2.75) is 6.42 Å². The van der Waals surface area contributed by atoms with Crippen LogP contribution in [-0.4, -0.2) is 33.2 Å². The lowest BCUT2D eigenvalue weighted by atomic mass is 10.1. The molecule has 0 fully saturated rings. The smallest absolute Gasteiger partial charge is 0.337 e. The van der Waals surface area contributed by atoms with Crippen LogP contribution < -0.4 is 5.32 Å². The minimum Gasteiger partial charge on any atom is -0.465 e. The Morgan fingerprint density at radius 1 is 1.38 bits per heavy atom. The van der Waals surface area contributed by atoms with E-state index in [4.69, 9.17) is 0 Å². The summed E-state index contributed by atoms with van der Waals surface area (Å²) in [6.45, 7) is 0. The SMILES string of the molecule is COC(=O)c1cccc(NC(=O)CC2C=CS(=O)(=O)C2)c1. The van der Waals surface area contributed by atoms with Gasteiger partial charge < -0.3 is 10.1 Å². The second kappa shape index (κ2) is 6.09. The lowest BCUT2D eigenvalue weighted by Gasteiger charge is -2.09. The molecule has 1 aromatic carbocycles. The molecule has 0 saturated carbocycles. The number of amides is 1. The minimum absolute atomic E-state index is 0.0391. The maximum atomic E-state index is 11.9. The molecule has 1 N–H and O–H groups in total. The fourth-order valence-electron chi connectivity index (χ4n) is 2.06. The zero-order valence-electron chi connectivity index (χ0n) is 11.4. The standard InChI is InChI=1S/C14H15NO5S/c1-20-14(17)11-3-2-4-12(8-11)15-13(16)7-10-5-6-21(18,19)9-10/h2-6,8,10H,7,9H2,1H3,(H,15,16). The number of benzene rings is 1. The first-order valence-electron chi connectivity index (χ1n) is 6.29. The topological polar surface area (TPSA) is 89.5 Å². The monoisotopic (exact) mass is 309 g/mol. The fraction of sp³-hybridized carbons (Fsp3) is 0.286. The van der Waals surface area contributed by atoms with E-state index in [0.717, 1.165) is 5.41 Å². The van der Waals surface area contributed by atoms with Crippen molar-refractivity contribution in [2.75, 3.05) is 18.2 Å². The van der Waals surface area contributed by atoms with Crippen LogP contribution in [-0.2, 0) is 19.4 Å². The molecule has 0 aliphatic carbocycles. The highest BCUT2D eigenvalue weighted by Gasteiger charge is 2.23. The molecule has 1 atom stereocenters. The third-order valence-corrected chi connectivity index (χ3v) is 4.48. The van der Waals surface area contributed by atoms with E-state index in [1.54, 1.807) is 18.2 Å². The molecular formula is C14H15NO5S. The van der Waals surface area contributed by atoms with Crippen LogP contribution in [0.15, 0.2) is 35.7 Å². The van der Waals surface area contributed by atoms with Gasteiger partial charge in [-0.2, -0.15) is 0 Å². The second-order valence-electron chi connectivity index (χ2n) is 4.74. The number of anilines is 1. The molecule has 1 aliphatic rings. The zero-order chi connectivity index (χ0) is 15.5. The summed E-state index contributed by atoms with van der Waals surface area (Å²) in [5.74, 6) is -1.14. The molecule has 0 spiro atoms. The van der Waals surface area contributed by atoms with E-state index < -0.39 is 15.8 Å². The molecule has 1 amide bonds. The summed E-state index contributed by atoms with van der Waals surface area (Å²) >= 11 is 0. The number of allylic oxidation sites excluding steroid dienone is 1. The van der Waals surface area contributed by atoms with Crippen molar-refractivity contribution in [3.63, 3.8) is 0 Å². The molecule has 21 heavy (non-hydrogen) atoms. The summed E-state index contributed by atoms with van der Waals surface area (Å²) in [6.07, 6.45) is 1.61. The molecule has 1 unspecified atom stereocenters. The molecular weight excluding hydrogens is 294 g/mol. The van der Waals surface area contributed by atoms with E-state index in [1.807, 2.05) is 0 Å². The first kappa shape index (κ1) is 15.2. The highest BCUT2D eigenvalue weighted by molar-refractivity contribution is 7.94. The van der Waals surface area contributed by atoms with Gasteiger partial charge in [-0.1, -0.05) is 12.1 Å². The van der Waals surface area contributed by atoms with E-state index in [0.29, 0.717) is 11.3 Å². The number of esters is 1. The molecule has 6 nitrogen and oxygen atoms in total. The second-order valence-corrected chi connectivity index (χ2v) is 6.67. The lowest BCUT2D eigenvalue weighted by Crippen LogP contribution is -2.17. The summed E-state index contributed by atoms with van der Waals surface area (Å²) < 4.78 is 27.1. The van der Waals surface area contributed by atoms with E-state index in [2.05, 4.69) is 10.1 Å². The van der Waals surface area contributed by atoms with Gasteiger partial charge in [-0.05, 0) is 18.2 Å². The van der Waals surface area contributed by atoms with E-state index in [-0.39, 0.29) is 24.0 Å². The van der Waals surface area contributed by atoms with Crippen molar-refractivity contribution < 1.29 is 22.7 Å². The van der Waals surface area contributed by atoms with E-state index in [1.165, 1.54) is 19.3 Å². The Balaban J connectivity index is 1.97. The number of nitrogens with one attached hydrogen (secondary N) is 1. The van der Waals surface area contributed by atoms with Crippen LogP contribution in [0.4, 0.5) is 5.69 Å². The van der Waals surface area contributed by atoms with Gasteiger partial charge >= 0.3 is 5.97 Å². The van der Waals surface area contributed by atoms with Crippen molar-refractivity contribution in [1.29, 1.82) is 0 Å². The van der Waals surface area contributed by atoms with Crippen LogP contribution >= 0.6 is 0 Å². The van der Waals surface area contributed by atoms with Crippen molar-refractivity contribution >= 4 is 27.4 Å². The van der Waals surface area contributed by atoms with E-state index in [9.17, 15) is 18.0 Å². The number of sulfone groups is 1. The Kier molecular flexibility index (Phi) is 4.42. The van der Waals surface area contributed by atoms with Crippen LogP contribution in [0, 0.1) is 5.92 Å². The molecule has 1 heterocycles. The lowest BCUT2D eigenvalue weighted by molar-refractivity contribution is -0.116. The first-order valence-corrected chi connectivity index (χ1v) is 8.00. The summed E-state index contributed by atoms with van der Waals surface area (Å²) in [4.78, 5) is 23.3. The average Bonchev–Trinajstić information content (AvgIpc) is 2.77. The highest BCUT2D eigenvalue weighted by atomic mass is 32.2. The Morgan fingerprint density at radius 3 is 2.76 bits per heavy atom. The Morgan fingerprint density at radius 2 is 2.14 bits per heavy atom. The van der Waals surface area contributed by atoms with Gasteiger partial charge in [-0.15, -0.1) is 0 Å². The average molecular weight is 309 g/mol. The Bertz CT molecular complexity index is 693. The molecule has 1 aromatic rings. The summed E-state index contributed by atoms with van der Waals surface area (Å²) in [7, 11) is -1.88. The first-order chi connectivity index (χ1) is 9.89. The van der Waals surface area contributed by atoms with Crippen molar-refractivity contribution in [3.05, 3.63) is 41.3 Å². The van der Waals surface area contributed by atoms with Gasteiger partial charge in [0.25, 0.3) is 0 Å². The third kappa shape index (κ3) is 4.16. The molecule has 2 rings (SSSR count). The predicted octanol–water partition coefficient (Wildman–Crippen LogP) is 1.36. The number of hydrogen-bond acceptors (Lipinski definition) is 5. The summed E-state index contributed by atoms with van der Waals surface area (Å²) in [5, 5.41) is 3.78. The number of carbonyl (C=O) groups excluding carboxylic acids is 2. The maximum Gasteiger partial charge on any atom is 0.337 e. The van der Waals surface area contributed by atoms with Crippen molar-refractivity contribution in [3.8, 4) is 0 Å². The fourth-order valence-corrected chi connectivity index (χ4v) is 3.46. The number of methoxy groups -OCH3 is 1. The molecule has 112 valence electrons. The van der Waals surface area contributed by atoms with Crippen LogP contribution in [0.2, 0.25) is 0 Å². The van der Waals surface area contributed by atoms with Gasteiger partial charge in [0.05, 0.1) is 18.4 Å². The molecule has 7 heteroatoms. The number of hydrogen-bond donors (Lipinski definition) is 1. The van der Waals surface area contributed by atoms with E-state index >= 15 is 0 Å². The Labute approximate surface area is 122 Å². The number of rotatable bonds is 4. The quantitative estimate of drug-likeness (QED) is 0.848. The van der Waals surface area contributed by atoms with Gasteiger partial charge in [0.15, 0.2) is 9.84 Å².